The maximum atomic E-state index is 12.4. The predicted molar refractivity (Wildman–Crippen MR) is 153 cm³/mol. The molecule has 0 heterocycles. The number of ether oxygens (including phenoxy) is 3. The lowest BCUT2D eigenvalue weighted by Crippen LogP contribution is -2.55. The van der Waals surface area contributed by atoms with E-state index in [1.807, 2.05) is 0 Å². The summed E-state index contributed by atoms with van der Waals surface area (Å²) in [6.07, 6.45) is 18.8. The quantitative estimate of drug-likeness (QED) is 0.0632. The Morgan fingerprint density at radius 3 is 1.90 bits per heavy atom. The first-order valence-electron chi connectivity index (χ1n) is 15.2. The second-order valence-electron chi connectivity index (χ2n) is 11.3. The number of hydrogen-bond acceptors (Lipinski definition) is 7. The van der Waals surface area contributed by atoms with Crippen LogP contribution in [0.2, 0.25) is 0 Å². The highest BCUT2D eigenvalue weighted by molar-refractivity contribution is 5.70. The number of nitrogens with zero attached hydrogens (tertiary/aromatic N) is 1. The Balaban J connectivity index is 4.40. The maximum absolute atomic E-state index is 12.4. The van der Waals surface area contributed by atoms with Crippen LogP contribution in [0.3, 0.4) is 0 Å². The Kier molecular flexibility index (Phi) is 22.7. The molecular formula is C31H57NO7. The van der Waals surface area contributed by atoms with Crippen molar-refractivity contribution in [2.24, 2.45) is 0 Å². The minimum atomic E-state index is -1.13. The molecular weight excluding hydrogens is 498 g/mol. The number of esters is 2. The number of quaternary nitrogens is 1. The molecule has 0 aromatic rings. The van der Waals surface area contributed by atoms with Crippen molar-refractivity contribution in [1.82, 2.24) is 0 Å². The Bertz CT molecular complexity index is 672. The fraction of sp³-hybridized carbons (Fsp3) is 0.839. The molecule has 0 aromatic carbocycles. The van der Waals surface area contributed by atoms with Gasteiger partial charge in [0.2, 0.25) is 0 Å². The molecule has 0 spiro atoms. The number of likely N-dealkylation sites (N-methyl/N-ethyl adjacent to an activating group) is 1. The van der Waals surface area contributed by atoms with Gasteiger partial charge in [0.15, 0.2) is 6.10 Å². The van der Waals surface area contributed by atoms with E-state index >= 15 is 0 Å². The SMILES string of the molecule is CCCCC/C=C\CCCCCCCC(=O)OC(COCCC(C(=O)[O-])[N+](C)(C)C)COC(=O)CCCCC. The minimum Gasteiger partial charge on any atom is -0.544 e. The highest BCUT2D eigenvalue weighted by Gasteiger charge is 2.25. The zero-order valence-corrected chi connectivity index (χ0v) is 25.5. The van der Waals surface area contributed by atoms with Crippen LogP contribution in [0.15, 0.2) is 12.2 Å². The normalized spacial score (nSPS) is 13.4. The largest absolute Gasteiger partial charge is 0.544 e. The molecule has 0 aliphatic carbocycles. The highest BCUT2D eigenvalue weighted by atomic mass is 16.6. The van der Waals surface area contributed by atoms with Gasteiger partial charge in [-0.05, 0) is 38.5 Å². The summed E-state index contributed by atoms with van der Waals surface area (Å²) >= 11 is 0. The molecule has 0 rings (SSSR count). The number of aliphatic carboxylic acids is 1. The minimum absolute atomic E-state index is 0.0385. The number of hydrogen-bond donors (Lipinski definition) is 0. The molecule has 8 heteroatoms. The van der Waals surface area contributed by atoms with E-state index in [4.69, 9.17) is 14.2 Å². The molecule has 0 N–H and O–H groups in total. The van der Waals surface area contributed by atoms with E-state index in [2.05, 4.69) is 26.0 Å². The number of carbonyl (C=O) groups excluding carboxylic acids is 3. The molecule has 228 valence electrons. The lowest BCUT2D eigenvalue weighted by atomic mass is 10.1. The van der Waals surface area contributed by atoms with E-state index in [0.29, 0.717) is 12.8 Å². The number of carboxylic acids is 1. The zero-order valence-electron chi connectivity index (χ0n) is 25.5. The van der Waals surface area contributed by atoms with Crippen molar-refractivity contribution in [2.45, 2.75) is 129 Å². The fourth-order valence-electron chi connectivity index (χ4n) is 4.18. The lowest BCUT2D eigenvalue weighted by molar-refractivity contribution is -0.889. The van der Waals surface area contributed by atoms with Gasteiger partial charge >= 0.3 is 11.9 Å². The van der Waals surface area contributed by atoms with Crippen molar-refractivity contribution in [3.63, 3.8) is 0 Å². The molecule has 0 saturated heterocycles. The van der Waals surface area contributed by atoms with Crippen LogP contribution in [0, 0.1) is 0 Å². The van der Waals surface area contributed by atoms with E-state index in [1.54, 1.807) is 21.1 Å². The summed E-state index contributed by atoms with van der Waals surface area (Å²) in [7, 11) is 5.36. The maximum Gasteiger partial charge on any atom is 0.306 e. The van der Waals surface area contributed by atoms with E-state index in [1.165, 1.54) is 32.1 Å². The summed E-state index contributed by atoms with van der Waals surface area (Å²) in [5.41, 5.74) is 0. The molecule has 0 amide bonds. The van der Waals surface area contributed by atoms with Gasteiger partial charge in [0, 0.05) is 19.3 Å². The van der Waals surface area contributed by atoms with Gasteiger partial charge < -0.3 is 28.6 Å². The number of carboxylic acid groups (broad SMARTS) is 1. The third kappa shape index (κ3) is 22.6. The van der Waals surface area contributed by atoms with Crippen molar-refractivity contribution >= 4 is 17.9 Å². The third-order valence-electron chi connectivity index (χ3n) is 6.65. The Labute approximate surface area is 238 Å². The summed E-state index contributed by atoms with van der Waals surface area (Å²) in [5.74, 6) is -1.78. The Morgan fingerprint density at radius 1 is 0.744 bits per heavy atom. The summed E-state index contributed by atoms with van der Waals surface area (Å²) in [6.45, 7) is 4.42. The lowest BCUT2D eigenvalue weighted by Gasteiger charge is -2.34. The fourth-order valence-corrected chi connectivity index (χ4v) is 4.18. The van der Waals surface area contributed by atoms with Gasteiger partial charge in [-0.2, -0.15) is 0 Å². The standard InChI is InChI=1S/C31H57NO7/c1-6-8-10-11-12-13-14-15-16-17-18-20-22-30(34)39-27(26-38-29(33)21-19-9-7-2)25-37-24-23-28(31(35)36)32(3,4)5/h12-13,27-28H,6-11,14-26H2,1-5H3/b13-12-. The number of carbonyl (C=O) groups is 3. The second-order valence-corrected chi connectivity index (χ2v) is 11.3. The molecule has 39 heavy (non-hydrogen) atoms. The van der Waals surface area contributed by atoms with Gasteiger partial charge in [-0.1, -0.05) is 70.9 Å². The smallest absolute Gasteiger partial charge is 0.306 e. The van der Waals surface area contributed by atoms with Gasteiger partial charge in [-0.25, -0.2) is 0 Å². The van der Waals surface area contributed by atoms with Crippen LogP contribution >= 0.6 is 0 Å². The van der Waals surface area contributed by atoms with Crippen LogP contribution in [0.1, 0.15) is 117 Å². The topological polar surface area (TPSA) is 102 Å². The monoisotopic (exact) mass is 555 g/mol. The third-order valence-corrected chi connectivity index (χ3v) is 6.65. The Morgan fingerprint density at radius 2 is 1.28 bits per heavy atom. The van der Waals surface area contributed by atoms with Gasteiger partial charge in [0.1, 0.15) is 12.6 Å². The number of unbranched alkanes of at least 4 members (excludes halogenated alkanes) is 10. The van der Waals surface area contributed by atoms with Gasteiger partial charge in [-0.15, -0.1) is 0 Å². The van der Waals surface area contributed by atoms with E-state index < -0.39 is 18.1 Å². The van der Waals surface area contributed by atoms with Crippen LogP contribution in [0.5, 0.6) is 0 Å². The van der Waals surface area contributed by atoms with Crippen LogP contribution in [-0.2, 0) is 28.6 Å². The molecule has 0 fully saturated rings. The molecule has 8 nitrogen and oxygen atoms in total. The van der Waals surface area contributed by atoms with Crippen molar-refractivity contribution in [3.05, 3.63) is 12.2 Å². The molecule has 0 aliphatic rings. The first-order valence-corrected chi connectivity index (χ1v) is 15.2. The Hall–Kier alpha value is -1.93. The molecule has 0 aliphatic heterocycles. The predicted octanol–water partition coefficient (Wildman–Crippen LogP) is 5.12. The van der Waals surface area contributed by atoms with Crippen LogP contribution in [0.4, 0.5) is 0 Å². The molecule has 0 saturated carbocycles. The average Bonchev–Trinajstić information content (AvgIpc) is 2.86. The van der Waals surface area contributed by atoms with E-state index in [0.717, 1.165) is 51.4 Å². The van der Waals surface area contributed by atoms with E-state index in [-0.39, 0.29) is 42.7 Å². The van der Waals surface area contributed by atoms with Gasteiger partial charge in [0.25, 0.3) is 0 Å². The van der Waals surface area contributed by atoms with Crippen LogP contribution in [-0.4, -0.2) is 75.5 Å². The summed E-state index contributed by atoms with van der Waals surface area (Å²) < 4.78 is 16.8. The van der Waals surface area contributed by atoms with Crippen molar-refractivity contribution in [1.29, 1.82) is 0 Å². The molecule has 2 atom stereocenters. The summed E-state index contributed by atoms with van der Waals surface area (Å²) in [6, 6.07) is -0.718. The molecule has 0 bridgehead atoms. The first-order chi connectivity index (χ1) is 18.6. The highest BCUT2D eigenvalue weighted by Crippen LogP contribution is 2.11. The van der Waals surface area contributed by atoms with Crippen LogP contribution < -0.4 is 5.11 Å². The molecule has 2 unspecified atom stereocenters. The number of rotatable bonds is 26. The second kappa shape index (κ2) is 23.9. The van der Waals surface area contributed by atoms with Crippen molar-refractivity contribution < 1.29 is 38.2 Å². The number of allylic oxidation sites excluding steroid dienone is 2. The average molecular weight is 556 g/mol. The van der Waals surface area contributed by atoms with Crippen molar-refractivity contribution in [3.8, 4) is 0 Å². The van der Waals surface area contributed by atoms with E-state index in [9.17, 15) is 19.5 Å². The van der Waals surface area contributed by atoms with Gasteiger partial charge in [0.05, 0.1) is 40.3 Å². The summed E-state index contributed by atoms with van der Waals surface area (Å²) in [5, 5.41) is 11.4. The first kappa shape index (κ1) is 37.1. The summed E-state index contributed by atoms with van der Waals surface area (Å²) in [4.78, 5) is 35.9. The van der Waals surface area contributed by atoms with Crippen LogP contribution in [0.25, 0.3) is 0 Å². The molecule has 0 radical (unpaired) electrons. The zero-order chi connectivity index (χ0) is 29.4. The van der Waals surface area contributed by atoms with Gasteiger partial charge in [-0.3, -0.25) is 9.59 Å². The molecule has 0 aromatic heterocycles. The van der Waals surface area contributed by atoms with Crippen molar-refractivity contribution in [2.75, 3.05) is 41.0 Å².